The fraction of sp³-hybridized carbons (Fsp3) is 0.292. The lowest BCUT2D eigenvalue weighted by molar-refractivity contribution is 0.0608. The maximum Gasteiger partial charge on any atom is 0.268 e. The molecule has 7 heteroatoms. The van der Waals surface area contributed by atoms with E-state index in [0.29, 0.717) is 23.7 Å². The summed E-state index contributed by atoms with van der Waals surface area (Å²) in [7, 11) is 1.52. The van der Waals surface area contributed by atoms with Crippen LogP contribution in [0.25, 0.3) is 5.69 Å². The summed E-state index contributed by atoms with van der Waals surface area (Å²) in [6.07, 6.45) is 5.80. The molecule has 4 rings (SSSR count). The lowest BCUT2D eigenvalue weighted by Gasteiger charge is -2.36. The second-order valence-electron chi connectivity index (χ2n) is 7.67. The summed E-state index contributed by atoms with van der Waals surface area (Å²) in [5.41, 5.74) is 1.81. The van der Waals surface area contributed by atoms with E-state index < -0.39 is 0 Å². The van der Waals surface area contributed by atoms with E-state index in [-0.39, 0.29) is 28.9 Å². The number of hydrogen-bond acceptors (Lipinski definition) is 4. The van der Waals surface area contributed by atoms with Crippen molar-refractivity contribution in [2.75, 3.05) is 13.7 Å². The molecule has 3 heterocycles. The first-order valence-electron chi connectivity index (χ1n) is 10.3. The molecule has 0 bridgehead atoms. The highest BCUT2D eigenvalue weighted by Crippen LogP contribution is 2.32. The molecule has 160 valence electrons. The van der Waals surface area contributed by atoms with Gasteiger partial charge in [0.2, 0.25) is 5.88 Å². The van der Waals surface area contributed by atoms with Crippen LogP contribution in [0.2, 0.25) is 0 Å². The highest BCUT2D eigenvalue weighted by atomic mass is 19.1. The molecule has 1 atom stereocenters. The number of carbonyl (C=O) groups excluding carboxylic acids is 1. The van der Waals surface area contributed by atoms with Crippen LogP contribution in [0.4, 0.5) is 4.39 Å². The molecule has 2 aromatic heterocycles. The van der Waals surface area contributed by atoms with Crippen LogP contribution < -0.4 is 10.3 Å². The summed E-state index contributed by atoms with van der Waals surface area (Å²) >= 11 is 0. The number of piperidine rings is 1. The van der Waals surface area contributed by atoms with Gasteiger partial charge in [-0.1, -0.05) is 12.1 Å². The van der Waals surface area contributed by atoms with Crippen molar-refractivity contribution in [3.05, 3.63) is 87.7 Å². The van der Waals surface area contributed by atoms with Gasteiger partial charge in [-0.2, -0.15) is 0 Å². The molecule has 1 fully saturated rings. The molecule has 1 saturated heterocycles. The summed E-state index contributed by atoms with van der Waals surface area (Å²) in [6, 6.07) is 11.2. The number of ether oxygens (including phenoxy) is 1. The lowest BCUT2D eigenvalue weighted by atomic mass is 9.94. The van der Waals surface area contributed by atoms with E-state index in [4.69, 9.17) is 4.74 Å². The zero-order chi connectivity index (χ0) is 22.0. The Kier molecular flexibility index (Phi) is 5.84. The number of halogens is 1. The molecule has 1 amide bonds. The van der Waals surface area contributed by atoms with Crippen LogP contribution in [0, 0.1) is 12.7 Å². The molecule has 1 aliphatic rings. The standard InChI is InChI=1S/C24H24FN3O3/c1-16-12-14-27(19-10-11-21(31-2)26-15-19)23(29)22(16)24(30)28-13-4-3-5-20(28)17-6-8-18(25)9-7-17/h6-12,14-15,20H,3-5,13H2,1-2H3. The zero-order valence-corrected chi connectivity index (χ0v) is 17.5. The van der Waals surface area contributed by atoms with Crippen LogP contribution in [0.5, 0.6) is 5.88 Å². The van der Waals surface area contributed by atoms with Crippen LogP contribution >= 0.6 is 0 Å². The van der Waals surface area contributed by atoms with Crippen LogP contribution in [0.15, 0.2) is 59.7 Å². The number of likely N-dealkylation sites (tertiary alicyclic amines) is 1. The average Bonchev–Trinajstić information content (AvgIpc) is 2.80. The van der Waals surface area contributed by atoms with Gasteiger partial charge < -0.3 is 9.64 Å². The Bertz CT molecular complexity index is 1140. The molecule has 0 aliphatic carbocycles. The minimum absolute atomic E-state index is 0.146. The van der Waals surface area contributed by atoms with Gasteiger partial charge in [0, 0.05) is 18.8 Å². The van der Waals surface area contributed by atoms with Crippen LogP contribution in [0.1, 0.15) is 46.8 Å². The van der Waals surface area contributed by atoms with Crippen molar-refractivity contribution in [1.29, 1.82) is 0 Å². The van der Waals surface area contributed by atoms with Gasteiger partial charge in [-0.3, -0.25) is 14.2 Å². The third-order valence-corrected chi connectivity index (χ3v) is 5.74. The molecule has 1 aliphatic heterocycles. The second kappa shape index (κ2) is 8.71. The zero-order valence-electron chi connectivity index (χ0n) is 17.5. The topological polar surface area (TPSA) is 64.4 Å². The van der Waals surface area contributed by atoms with Gasteiger partial charge in [-0.25, -0.2) is 9.37 Å². The SMILES string of the molecule is COc1ccc(-n2ccc(C)c(C(=O)N3CCCCC3c3ccc(F)cc3)c2=O)cn1. The molecule has 0 radical (unpaired) electrons. The Hall–Kier alpha value is -3.48. The molecule has 6 nitrogen and oxygen atoms in total. The third-order valence-electron chi connectivity index (χ3n) is 5.74. The lowest BCUT2D eigenvalue weighted by Crippen LogP contribution is -2.42. The van der Waals surface area contributed by atoms with E-state index in [2.05, 4.69) is 4.98 Å². The highest BCUT2D eigenvalue weighted by Gasteiger charge is 2.31. The van der Waals surface area contributed by atoms with Crippen molar-refractivity contribution >= 4 is 5.91 Å². The van der Waals surface area contributed by atoms with E-state index >= 15 is 0 Å². The van der Waals surface area contributed by atoms with E-state index in [1.807, 2.05) is 0 Å². The van der Waals surface area contributed by atoms with Gasteiger partial charge in [0.15, 0.2) is 0 Å². The minimum atomic E-state index is -0.389. The summed E-state index contributed by atoms with van der Waals surface area (Å²) in [6.45, 7) is 2.32. The predicted molar refractivity (Wildman–Crippen MR) is 115 cm³/mol. The van der Waals surface area contributed by atoms with Crippen molar-refractivity contribution in [2.45, 2.75) is 32.2 Å². The first-order valence-corrected chi connectivity index (χ1v) is 10.3. The molecule has 1 aromatic carbocycles. The number of nitrogens with zero attached hydrogens (tertiary/aromatic N) is 3. The van der Waals surface area contributed by atoms with Crippen molar-refractivity contribution in [2.24, 2.45) is 0 Å². The summed E-state index contributed by atoms with van der Waals surface area (Å²) < 4.78 is 19.9. The molecule has 31 heavy (non-hydrogen) atoms. The predicted octanol–water partition coefficient (Wildman–Crippen LogP) is 4.06. The maximum atomic E-state index is 13.6. The number of methoxy groups -OCH3 is 1. The molecular weight excluding hydrogens is 397 g/mol. The van der Waals surface area contributed by atoms with Crippen molar-refractivity contribution in [3.8, 4) is 11.6 Å². The summed E-state index contributed by atoms with van der Waals surface area (Å²) in [5, 5.41) is 0. The molecular formula is C24H24FN3O3. The maximum absolute atomic E-state index is 13.6. The normalized spacial score (nSPS) is 16.2. The Morgan fingerprint density at radius 2 is 1.90 bits per heavy atom. The molecule has 0 saturated carbocycles. The number of amides is 1. The van der Waals surface area contributed by atoms with E-state index in [9.17, 15) is 14.0 Å². The number of aromatic nitrogens is 2. The van der Waals surface area contributed by atoms with Gasteiger partial charge in [0.25, 0.3) is 11.5 Å². The molecule has 3 aromatic rings. The number of rotatable bonds is 4. The molecule has 1 unspecified atom stereocenters. The first-order chi connectivity index (χ1) is 15.0. The van der Waals surface area contributed by atoms with E-state index in [1.165, 1.54) is 30.0 Å². The van der Waals surface area contributed by atoms with Crippen LogP contribution in [-0.4, -0.2) is 34.0 Å². The van der Waals surface area contributed by atoms with Gasteiger partial charge >= 0.3 is 0 Å². The third kappa shape index (κ3) is 4.08. The van der Waals surface area contributed by atoms with Crippen molar-refractivity contribution in [3.63, 3.8) is 0 Å². The second-order valence-corrected chi connectivity index (χ2v) is 7.67. The first kappa shape index (κ1) is 20.8. The Balaban J connectivity index is 1.72. The Morgan fingerprint density at radius 1 is 1.13 bits per heavy atom. The van der Waals surface area contributed by atoms with Gasteiger partial charge in [-0.05, 0) is 61.6 Å². The number of pyridine rings is 2. The monoisotopic (exact) mass is 421 g/mol. The fourth-order valence-corrected chi connectivity index (χ4v) is 4.08. The Morgan fingerprint density at radius 3 is 2.58 bits per heavy atom. The minimum Gasteiger partial charge on any atom is -0.481 e. The quantitative estimate of drug-likeness (QED) is 0.637. The molecule has 0 spiro atoms. The van der Waals surface area contributed by atoms with Gasteiger partial charge in [-0.15, -0.1) is 0 Å². The van der Waals surface area contributed by atoms with Crippen LogP contribution in [-0.2, 0) is 0 Å². The van der Waals surface area contributed by atoms with Crippen LogP contribution in [0.3, 0.4) is 0 Å². The fourth-order valence-electron chi connectivity index (χ4n) is 4.08. The van der Waals surface area contributed by atoms with Crippen molar-refractivity contribution in [1.82, 2.24) is 14.5 Å². The van der Waals surface area contributed by atoms with E-state index in [0.717, 1.165) is 24.8 Å². The summed E-state index contributed by atoms with van der Waals surface area (Å²) in [5.74, 6) is -0.171. The van der Waals surface area contributed by atoms with E-state index in [1.54, 1.807) is 48.4 Å². The van der Waals surface area contributed by atoms with Gasteiger partial charge in [0.1, 0.15) is 11.4 Å². The number of benzene rings is 1. The number of hydrogen-bond donors (Lipinski definition) is 0. The van der Waals surface area contributed by atoms with Crippen molar-refractivity contribution < 1.29 is 13.9 Å². The highest BCUT2D eigenvalue weighted by molar-refractivity contribution is 5.95. The molecule has 0 N–H and O–H groups in total. The Labute approximate surface area is 179 Å². The summed E-state index contributed by atoms with van der Waals surface area (Å²) in [4.78, 5) is 32.8. The van der Waals surface area contributed by atoms with Gasteiger partial charge in [0.05, 0.1) is 25.0 Å². The average molecular weight is 421 g/mol. The largest absolute Gasteiger partial charge is 0.481 e. The smallest absolute Gasteiger partial charge is 0.268 e. The number of aryl methyl sites for hydroxylation is 1. The number of carbonyl (C=O) groups is 1.